The van der Waals surface area contributed by atoms with E-state index in [0.717, 1.165) is 16.0 Å². The van der Waals surface area contributed by atoms with Gasteiger partial charge in [-0.15, -0.1) is 24.5 Å². The van der Waals surface area contributed by atoms with Gasteiger partial charge in [-0.2, -0.15) is 0 Å². The van der Waals surface area contributed by atoms with Crippen molar-refractivity contribution in [2.45, 2.75) is 13.3 Å². The molecule has 0 radical (unpaired) electrons. The van der Waals surface area contributed by atoms with Crippen LogP contribution in [0.25, 0.3) is 10.4 Å². The van der Waals surface area contributed by atoms with Crippen molar-refractivity contribution in [2.75, 3.05) is 0 Å². The number of halogens is 3. The van der Waals surface area contributed by atoms with Gasteiger partial charge < -0.3 is 4.74 Å². The maximum absolute atomic E-state index is 12.1. The zero-order valence-electron chi connectivity index (χ0n) is 8.91. The largest absolute Gasteiger partial charge is 0.573 e. The molecule has 2 aromatic rings. The molecule has 0 amide bonds. The molecule has 0 bridgehead atoms. The summed E-state index contributed by atoms with van der Waals surface area (Å²) in [6.45, 7) is 1.92. The molecule has 90 valence electrons. The maximum atomic E-state index is 12.1. The van der Waals surface area contributed by atoms with Crippen LogP contribution < -0.4 is 4.74 Å². The van der Waals surface area contributed by atoms with Crippen molar-refractivity contribution in [3.63, 3.8) is 0 Å². The highest BCUT2D eigenvalue weighted by molar-refractivity contribution is 7.13. The molecule has 1 heterocycles. The molecule has 0 N–H and O–H groups in total. The second-order valence-electron chi connectivity index (χ2n) is 3.51. The number of alkyl halides is 3. The lowest BCUT2D eigenvalue weighted by Crippen LogP contribution is -2.17. The molecule has 0 aliphatic rings. The minimum Gasteiger partial charge on any atom is -0.406 e. The molecule has 1 aromatic heterocycles. The number of rotatable bonds is 2. The number of thiophene rings is 1. The predicted octanol–water partition coefficient (Wildman–Crippen LogP) is 4.62. The summed E-state index contributed by atoms with van der Waals surface area (Å²) in [5, 5.41) is 1.90. The Morgan fingerprint density at radius 3 is 2.53 bits per heavy atom. The third-order valence-electron chi connectivity index (χ3n) is 2.19. The van der Waals surface area contributed by atoms with Gasteiger partial charge in [0, 0.05) is 4.88 Å². The van der Waals surface area contributed by atoms with E-state index in [2.05, 4.69) is 4.74 Å². The van der Waals surface area contributed by atoms with Crippen LogP contribution >= 0.6 is 11.3 Å². The van der Waals surface area contributed by atoms with Gasteiger partial charge in [-0.3, -0.25) is 0 Å². The van der Waals surface area contributed by atoms with Crippen molar-refractivity contribution < 1.29 is 17.9 Å². The Balaban J connectivity index is 2.32. The predicted molar refractivity (Wildman–Crippen MR) is 61.2 cm³/mol. The van der Waals surface area contributed by atoms with Gasteiger partial charge in [0.2, 0.25) is 0 Å². The fourth-order valence-electron chi connectivity index (χ4n) is 1.50. The highest BCUT2D eigenvalue weighted by atomic mass is 32.1. The average molecular weight is 258 g/mol. The van der Waals surface area contributed by atoms with Crippen molar-refractivity contribution in [2.24, 2.45) is 0 Å². The van der Waals surface area contributed by atoms with E-state index < -0.39 is 6.36 Å². The zero-order valence-corrected chi connectivity index (χ0v) is 9.73. The van der Waals surface area contributed by atoms with Crippen molar-refractivity contribution in [3.8, 4) is 16.2 Å². The van der Waals surface area contributed by atoms with E-state index in [-0.39, 0.29) is 5.75 Å². The lowest BCUT2D eigenvalue weighted by Gasteiger charge is -2.09. The summed E-state index contributed by atoms with van der Waals surface area (Å²) < 4.78 is 40.1. The molecule has 0 fully saturated rings. The molecule has 17 heavy (non-hydrogen) atoms. The first kappa shape index (κ1) is 12.0. The van der Waals surface area contributed by atoms with Crippen LogP contribution in [0.15, 0.2) is 35.7 Å². The van der Waals surface area contributed by atoms with Gasteiger partial charge in [0.25, 0.3) is 0 Å². The van der Waals surface area contributed by atoms with E-state index in [9.17, 15) is 13.2 Å². The molecule has 2 rings (SSSR count). The Bertz CT molecular complexity index is 516. The third kappa shape index (κ3) is 3.00. The summed E-state index contributed by atoms with van der Waals surface area (Å²) in [4.78, 5) is 0.956. The molecule has 0 saturated carbocycles. The number of aryl methyl sites for hydroxylation is 1. The summed E-state index contributed by atoms with van der Waals surface area (Å²) in [7, 11) is 0. The number of ether oxygens (including phenoxy) is 1. The van der Waals surface area contributed by atoms with Gasteiger partial charge in [-0.05, 0) is 41.6 Å². The number of hydrogen-bond acceptors (Lipinski definition) is 2. The van der Waals surface area contributed by atoms with Crippen LogP contribution in [0.4, 0.5) is 13.2 Å². The van der Waals surface area contributed by atoms with Crippen LogP contribution in [-0.4, -0.2) is 6.36 Å². The highest BCUT2D eigenvalue weighted by Gasteiger charge is 2.31. The van der Waals surface area contributed by atoms with E-state index in [4.69, 9.17) is 0 Å². The quantitative estimate of drug-likeness (QED) is 0.763. The second kappa shape index (κ2) is 4.41. The van der Waals surface area contributed by atoms with Gasteiger partial charge in [-0.1, -0.05) is 12.1 Å². The Morgan fingerprint density at radius 1 is 1.18 bits per heavy atom. The third-order valence-corrected chi connectivity index (χ3v) is 3.26. The van der Waals surface area contributed by atoms with E-state index in [0.29, 0.717) is 0 Å². The lowest BCUT2D eigenvalue weighted by atomic mass is 10.1. The minimum atomic E-state index is -4.65. The highest BCUT2D eigenvalue weighted by Crippen LogP contribution is 2.32. The second-order valence-corrected chi connectivity index (χ2v) is 4.42. The van der Waals surface area contributed by atoms with Crippen LogP contribution in [-0.2, 0) is 0 Å². The van der Waals surface area contributed by atoms with Crippen molar-refractivity contribution >= 4 is 11.3 Å². The van der Waals surface area contributed by atoms with Crippen LogP contribution in [0.3, 0.4) is 0 Å². The SMILES string of the molecule is Cc1ccsc1-c1cccc(OC(F)(F)F)c1. The molecule has 0 atom stereocenters. The number of benzene rings is 1. The normalized spacial score (nSPS) is 11.5. The lowest BCUT2D eigenvalue weighted by molar-refractivity contribution is -0.274. The van der Waals surface area contributed by atoms with E-state index >= 15 is 0 Å². The molecule has 0 saturated heterocycles. The summed E-state index contributed by atoms with van der Waals surface area (Å²) in [6.07, 6.45) is -4.65. The van der Waals surface area contributed by atoms with Gasteiger partial charge >= 0.3 is 6.36 Å². The molecule has 1 aromatic carbocycles. The molecule has 0 spiro atoms. The first-order valence-corrected chi connectivity index (χ1v) is 5.74. The molecule has 1 nitrogen and oxygen atoms in total. The van der Waals surface area contributed by atoms with Crippen molar-refractivity contribution in [3.05, 3.63) is 41.3 Å². The molecular weight excluding hydrogens is 249 g/mol. The van der Waals surface area contributed by atoms with Gasteiger partial charge in [0.05, 0.1) is 0 Å². The fourth-order valence-corrected chi connectivity index (χ4v) is 2.43. The molecule has 0 unspecified atom stereocenters. The zero-order chi connectivity index (χ0) is 12.5. The van der Waals surface area contributed by atoms with Crippen LogP contribution in [0.5, 0.6) is 5.75 Å². The van der Waals surface area contributed by atoms with Crippen LogP contribution in [0.1, 0.15) is 5.56 Å². The van der Waals surface area contributed by atoms with Gasteiger partial charge in [0.1, 0.15) is 5.75 Å². The van der Waals surface area contributed by atoms with E-state index in [1.54, 1.807) is 12.1 Å². The standard InChI is InChI=1S/C12H9F3OS/c1-8-5-6-17-11(8)9-3-2-4-10(7-9)16-12(13,14)15/h2-7H,1H3. The summed E-state index contributed by atoms with van der Waals surface area (Å²) in [6, 6.07) is 7.93. The molecular formula is C12H9F3OS. The average Bonchev–Trinajstić information content (AvgIpc) is 2.62. The Morgan fingerprint density at radius 2 is 1.94 bits per heavy atom. The monoisotopic (exact) mass is 258 g/mol. The van der Waals surface area contributed by atoms with E-state index in [1.165, 1.54) is 23.5 Å². The van der Waals surface area contributed by atoms with Crippen molar-refractivity contribution in [1.29, 1.82) is 0 Å². The topological polar surface area (TPSA) is 9.23 Å². The molecule has 0 aliphatic carbocycles. The maximum Gasteiger partial charge on any atom is 0.573 e. The summed E-state index contributed by atoms with van der Waals surface area (Å²) in [5.74, 6) is -0.192. The summed E-state index contributed by atoms with van der Waals surface area (Å²) in [5.41, 5.74) is 1.78. The first-order chi connectivity index (χ1) is 7.96. The Hall–Kier alpha value is -1.49. The van der Waals surface area contributed by atoms with Crippen LogP contribution in [0, 0.1) is 6.92 Å². The first-order valence-electron chi connectivity index (χ1n) is 4.86. The number of hydrogen-bond donors (Lipinski definition) is 0. The Kier molecular flexibility index (Phi) is 3.11. The van der Waals surface area contributed by atoms with Gasteiger partial charge in [0.15, 0.2) is 0 Å². The van der Waals surface area contributed by atoms with Gasteiger partial charge in [-0.25, -0.2) is 0 Å². The molecule has 0 aliphatic heterocycles. The molecule has 5 heteroatoms. The summed E-state index contributed by atoms with van der Waals surface area (Å²) >= 11 is 1.49. The van der Waals surface area contributed by atoms with Crippen molar-refractivity contribution in [1.82, 2.24) is 0 Å². The Labute approximate surface area is 100 Å². The smallest absolute Gasteiger partial charge is 0.406 e. The van der Waals surface area contributed by atoms with E-state index in [1.807, 2.05) is 18.4 Å². The fraction of sp³-hybridized carbons (Fsp3) is 0.167. The van der Waals surface area contributed by atoms with Crippen LogP contribution in [0.2, 0.25) is 0 Å². The minimum absolute atomic E-state index is 0.192.